The van der Waals surface area contributed by atoms with Crippen LogP contribution in [0.15, 0.2) is 24.5 Å². The van der Waals surface area contributed by atoms with Gasteiger partial charge in [-0.3, -0.25) is 9.78 Å². The van der Waals surface area contributed by atoms with E-state index in [9.17, 15) is 4.79 Å². The Morgan fingerprint density at radius 2 is 2.42 bits per heavy atom. The van der Waals surface area contributed by atoms with Crippen molar-refractivity contribution in [3.63, 3.8) is 0 Å². The highest BCUT2D eigenvalue weighted by Gasteiger charge is 1.86. The Bertz CT molecular complexity index is 204. The Morgan fingerprint density at radius 3 is 2.92 bits per heavy atom. The van der Waals surface area contributed by atoms with E-state index in [1.807, 2.05) is 26.0 Å². The number of rotatable bonds is 3. The molecule has 0 spiro atoms. The van der Waals surface area contributed by atoms with Crippen LogP contribution in [0.5, 0.6) is 0 Å². The van der Waals surface area contributed by atoms with Gasteiger partial charge >= 0.3 is 0 Å². The maximum Gasteiger partial charge on any atom is 0.207 e. The minimum absolute atomic E-state index is 0. The molecule has 0 fully saturated rings. The lowest BCUT2D eigenvalue weighted by atomic mass is 10.3. The number of aromatic nitrogens is 1. The van der Waals surface area contributed by atoms with Crippen molar-refractivity contribution >= 4 is 6.41 Å². The Morgan fingerprint density at radius 1 is 1.67 bits per heavy atom. The lowest BCUT2D eigenvalue weighted by Crippen LogP contribution is -2.09. The minimum Gasteiger partial charge on any atom is -0.355 e. The van der Waals surface area contributed by atoms with Gasteiger partial charge < -0.3 is 5.32 Å². The summed E-state index contributed by atoms with van der Waals surface area (Å²) >= 11 is 0. The van der Waals surface area contributed by atoms with Crippen molar-refractivity contribution in [2.24, 2.45) is 0 Å². The zero-order chi connectivity index (χ0) is 9.23. The summed E-state index contributed by atoms with van der Waals surface area (Å²) in [5.74, 6) is 0. The first kappa shape index (κ1) is 10.6. The molecule has 1 heterocycles. The maximum absolute atomic E-state index is 9.85. The summed E-state index contributed by atoms with van der Waals surface area (Å²) in [6.07, 6.45) is 4.09. The van der Waals surface area contributed by atoms with E-state index in [0.29, 0.717) is 13.0 Å². The van der Waals surface area contributed by atoms with Crippen molar-refractivity contribution in [1.82, 2.24) is 10.3 Å². The van der Waals surface area contributed by atoms with Gasteiger partial charge in [-0.1, -0.05) is 19.9 Å². The fourth-order valence-electron chi connectivity index (χ4n) is 0.662. The standard InChI is InChI=1S/C7H8N2O.C2H6.H2/c10-6-9-5-7-2-1-3-8-4-7;1-2;/h1-4,6H,5H2,(H,9,10);1-2H3;1H. The molecule has 68 valence electrons. The maximum atomic E-state index is 9.85. The summed E-state index contributed by atoms with van der Waals surface area (Å²) in [6.45, 7) is 4.55. The fraction of sp³-hybridized carbons (Fsp3) is 0.333. The van der Waals surface area contributed by atoms with E-state index in [4.69, 9.17) is 0 Å². The Hall–Kier alpha value is -1.38. The molecule has 1 aromatic heterocycles. The van der Waals surface area contributed by atoms with E-state index < -0.39 is 0 Å². The minimum atomic E-state index is 0. The summed E-state index contributed by atoms with van der Waals surface area (Å²) in [5.41, 5.74) is 1.01. The molecule has 0 aliphatic heterocycles. The first-order chi connectivity index (χ1) is 5.93. The topological polar surface area (TPSA) is 42.0 Å². The smallest absolute Gasteiger partial charge is 0.207 e. The summed E-state index contributed by atoms with van der Waals surface area (Å²) in [7, 11) is 0. The van der Waals surface area contributed by atoms with Crippen LogP contribution in [0.1, 0.15) is 20.8 Å². The largest absolute Gasteiger partial charge is 0.355 e. The Kier molecular flexibility index (Phi) is 6.84. The third-order valence-corrected chi connectivity index (χ3v) is 1.11. The van der Waals surface area contributed by atoms with Crippen molar-refractivity contribution < 1.29 is 6.22 Å². The molecule has 0 saturated heterocycles. The molecule has 0 atom stereocenters. The van der Waals surface area contributed by atoms with Gasteiger partial charge in [-0.05, 0) is 11.6 Å². The van der Waals surface area contributed by atoms with Gasteiger partial charge in [0.1, 0.15) is 0 Å². The number of pyridine rings is 1. The molecular formula is C9H16N2O. The number of nitrogens with zero attached hydrogens (tertiary/aromatic N) is 1. The van der Waals surface area contributed by atoms with Gasteiger partial charge in [0.2, 0.25) is 6.41 Å². The van der Waals surface area contributed by atoms with Crippen LogP contribution in [0.25, 0.3) is 0 Å². The van der Waals surface area contributed by atoms with Crippen molar-refractivity contribution in [2.45, 2.75) is 20.4 Å². The highest BCUT2D eigenvalue weighted by molar-refractivity contribution is 5.46. The summed E-state index contributed by atoms with van der Waals surface area (Å²) in [5, 5.41) is 2.54. The van der Waals surface area contributed by atoms with Gasteiger partial charge in [0, 0.05) is 20.4 Å². The van der Waals surface area contributed by atoms with Crippen LogP contribution in [-0.2, 0) is 11.3 Å². The average molecular weight is 168 g/mol. The molecule has 1 N–H and O–H groups in total. The normalized spacial score (nSPS) is 7.83. The van der Waals surface area contributed by atoms with Crippen LogP contribution in [0.2, 0.25) is 0 Å². The Balaban J connectivity index is 0. The molecule has 12 heavy (non-hydrogen) atoms. The van der Waals surface area contributed by atoms with Crippen LogP contribution in [-0.4, -0.2) is 11.4 Å². The highest BCUT2D eigenvalue weighted by atomic mass is 16.1. The molecule has 0 radical (unpaired) electrons. The molecule has 0 unspecified atom stereocenters. The first-order valence-corrected chi connectivity index (χ1v) is 3.99. The third-order valence-electron chi connectivity index (χ3n) is 1.11. The molecular weight excluding hydrogens is 152 g/mol. The molecule has 3 nitrogen and oxygen atoms in total. The first-order valence-electron chi connectivity index (χ1n) is 3.99. The summed E-state index contributed by atoms with van der Waals surface area (Å²) in [6, 6.07) is 3.74. The van der Waals surface area contributed by atoms with Gasteiger partial charge in [-0.25, -0.2) is 0 Å². The second kappa shape index (κ2) is 7.72. The molecule has 0 aliphatic rings. The van der Waals surface area contributed by atoms with Crippen LogP contribution in [0.4, 0.5) is 0 Å². The molecule has 1 rings (SSSR count). The van der Waals surface area contributed by atoms with Crippen molar-refractivity contribution in [2.75, 3.05) is 0 Å². The zero-order valence-corrected chi connectivity index (χ0v) is 7.45. The number of amides is 1. The Labute approximate surface area is 74.3 Å². The fourth-order valence-corrected chi connectivity index (χ4v) is 0.662. The molecule has 0 bridgehead atoms. The van der Waals surface area contributed by atoms with E-state index in [1.54, 1.807) is 12.4 Å². The summed E-state index contributed by atoms with van der Waals surface area (Å²) in [4.78, 5) is 13.7. The highest BCUT2D eigenvalue weighted by Crippen LogP contribution is 1.92. The SMILES string of the molecule is CC.O=CNCc1cccnc1.[HH]. The van der Waals surface area contributed by atoms with Crippen LogP contribution in [0.3, 0.4) is 0 Å². The second-order valence-corrected chi connectivity index (χ2v) is 1.86. The number of carbonyl (C=O) groups is 1. The number of hydrogen-bond donors (Lipinski definition) is 1. The van der Waals surface area contributed by atoms with Crippen LogP contribution >= 0.6 is 0 Å². The van der Waals surface area contributed by atoms with Crippen LogP contribution in [0, 0.1) is 0 Å². The third kappa shape index (κ3) is 4.44. The molecule has 1 aromatic rings. The van der Waals surface area contributed by atoms with E-state index in [2.05, 4.69) is 10.3 Å². The molecule has 0 saturated carbocycles. The van der Waals surface area contributed by atoms with Crippen molar-refractivity contribution in [1.29, 1.82) is 0 Å². The molecule has 3 heteroatoms. The van der Waals surface area contributed by atoms with Gasteiger partial charge in [0.15, 0.2) is 0 Å². The quantitative estimate of drug-likeness (QED) is 0.696. The zero-order valence-electron chi connectivity index (χ0n) is 7.45. The van der Waals surface area contributed by atoms with E-state index in [1.165, 1.54) is 0 Å². The van der Waals surface area contributed by atoms with Crippen LogP contribution < -0.4 is 5.32 Å². The van der Waals surface area contributed by atoms with Gasteiger partial charge in [-0.15, -0.1) is 0 Å². The molecule has 0 aliphatic carbocycles. The van der Waals surface area contributed by atoms with Crippen molar-refractivity contribution in [3.8, 4) is 0 Å². The second-order valence-electron chi connectivity index (χ2n) is 1.86. The molecule has 1 amide bonds. The van der Waals surface area contributed by atoms with Gasteiger partial charge in [-0.2, -0.15) is 0 Å². The lowest BCUT2D eigenvalue weighted by Gasteiger charge is -1.95. The molecule has 0 aromatic carbocycles. The van der Waals surface area contributed by atoms with E-state index >= 15 is 0 Å². The number of hydrogen-bond acceptors (Lipinski definition) is 2. The number of carbonyl (C=O) groups excluding carboxylic acids is 1. The summed E-state index contributed by atoms with van der Waals surface area (Å²) < 4.78 is 0. The monoisotopic (exact) mass is 168 g/mol. The average Bonchev–Trinajstić information content (AvgIpc) is 2.19. The predicted octanol–water partition coefficient (Wildman–Crippen LogP) is 1.60. The van der Waals surface area contributed by atoms with Gasteiger partial charge in [0.05, 0.1) is 0 Å². The van der Waals surface area contributed by atoms with E-state index in [0.717, 1.165) is 5.56 Å². The number of nitrogens with one attached hydrogen (secondary N) is 1. The lowest BCUT2D eigenvalue weighted by molar-refractivity contribution is -0.109. The van der Waals surface area contributed by atoms with E-state index in [-0.39, 0.29) is 1.43 Å². The van der Waals surface area contributed by atoms with Gasteiger partial charge in [0.25, 0.3) is 0 Å². The predicted molar refractivity (Wildman–Crippen MR) is 50.6 cm³/mol. The van der Waals surface area contributed by atoms with Crippen molar-refractivity contribution in [3.05, 3.63) is 30.1 Å².